The Morgan fingerprint density at radius 1 is 0.367 bits per heavy atom. The number of hydrogen-bond acceptors (Lipinski definition) is 5. The summed E-state index contributed by atoms with van der Waals surface area (Å²) in [6, 6.07) is 81.8. The summed E-state index contributed by atoms with van der Waals surface area (Å²) in [7, 11) is 5.98. The summed E-state index contributed by atoms with van der Waals surface area (Å²) in [5, 5.41) is 0. The van der Waals surface area contributed by atoms with Crippen LogP contribution in [0.15, 0.2) is 249 Å². The summed E-state index contributed by atoms with van der Waals surface area (Å²) in [4.78, 5) is 7.13. The molecular weight excluding hydrogens is 1950 g/mol. The predicted molar refractivity (Wildman–Crippen MR) is 643 cm³/mol. The largest absolute Gasteiger partial charge is 2.00 e. The normalized spacial score (nSPS) is 19.8. The number of ether oxygens (including phenoxy) is 2. The number of allylic oxidation sites excluding steroid dienone is 5. The quantitative estimate of drug-likeness (QED) is 0.0138. The van der Waals surface area contributed by atoms with Crippen molar-refractivity contribution in [3.05, 3.63) is 355 Å². The van der Waals surface area contributed by atoms with Crippen LogP contribution in [-0.4, -0.2) is 111 Å². The van der Waals surface area contributed by atoms with Gasteiger partial charge in [0.05, 0.1) is 36.6 Å². The van der Waals surface area contributed by atoms with Crippen LogP contribution < -0.4 is 19.4 Å². The van der Waals surface area contributed by atoms with Gasteiger partial charge in [-0.05, 0) is 240 Å². The number of anilines is 3. The molecule has 5 heterocycles. The van der Waals surface area contributed by atoms with E-state index in [0.717, 1.165) is 88.7 Å². The minimum Gasteiger partial charge on any atom is -0.497 e. The van der Waals surface area contributed by atoms with Gasteiger partial charge in [0.25, 0.3) is 0 Å². The van der Waals surface area contributed by atoms with Crippen LogP contribution in [-0.2, 0) is 91.5 Å². The summed E-state index contributed by atoms with van der Waals surface area (Å²) >= 11 is 0. The number of hydrogen-bond donors (Lipinski definition) is 0. The van der Waals surface area contributed by atoms with Crippen LogP contribution in [0.4, 0.5) is 34.1 Å². The van der Waals surface area contributed by atoms with Crippen molar-refractivity contribution in [1.29, 1.82) is 0 Å². The Kier molecular flexibility index (Phi) is 57.3. The van der Waals surface area contributed by atoms with Gasteiger partial charge in [0.15, 0.2) is 17.1 Å². The molecule has 9 aromatic rings. The number of methoxy groups -OCH3 is 1. The smallest absolute Gasteiger partial charge is 0.497 e. The van der Waals surface area contributed by atoms with Crippen molar-refractivity contribution >= 4 is 69.5 Å². The number of morpholine rings is 1. The Balaban J connectivity index is 0.000000276. The van der Waals surface area contributed by atoms with Crippen LogP contribution in [0.25, 0.3) is 18.2 Å². The number of piperidine rings is 1. The first-order chi connectivity index (χ1) is 69.3. The fourth-order valence-corrected chi connectivity index (χ4v) is 25.9. The molecule has 5 aliphatic heterocycles. The fourth-order valence-electron chi connectivity index (χ4n) is 25.9. The summed E-state index contributed by atoms with van der Waals surface area (Å²) in [5.74, 6) is 4.33. The Morgan fingerprint density at radius 2 is 0.767 bits per heavy atom. The van der Waals surface area contributed by atoms with E-state index >= 15 is 0 Å². The van der Waals surface area contributed by atoms with Crippen molar-refractivity contribution in [3.63, 3.8) is 0 Å². The maximum Gasteiger partial charge on any atom is 2.00 e. The Labute approximate surface area is 948 Å². The first kappa shape index (κ1) is 129. The monoisotopic (exact) mass is 2150 g/mol. The Morgan fingerprint density at radius 3 is 1.23 bits per heavy atom. The van der Waals surface area contributed by atoms with Gasteiger partial charge in [0.2, 0.25) is 17.1 Å². The molecule has 21 rings (SSSR count). The molecule has 150 heavy (non-hydrogen) atoms. The van der Waals surface area contributed by atoms with Gasteiger partial charge >= 0.3 is 51.2 Å². The van der Waals surface area contributed by atoms with Crippen molar-refractivity contribution in [3.8, 4) is 5.75 Å². The molecular formula is C139H195Fe3N6O2+3. The molecule has 6 saturated carbocycles. The van der Waals surface area contributed by atoms with Crippen molar-refractivity contribution in [2.45, 2.75) is 333 Å². The van der Waals surface area contributed by atoms with E-state index in [1.807, 2.05) is 0 Å². The fraction of sp³-hybridized carbons (Fsp3) is 0.489. The first-order valence-corrected chi connectivity index (χ1v) is 57.0. The molecule has 9 aromatic carbocycles. The third-order valence-electron chi connectivity index (χ3n) is 34.3. The van der Waals surface area contributed by atoms with Crippen molar-refractivity contribution in [1.82, 2.24) is 0 Å². The van der Waals surface area contributed by atoms with E-state index in [1.165, 1.54) is 395 Å². The molecule has 0 radical (unpaired) electrons. The van der Waals surface area contributed by atoms with E-state index in [2.05, 4.69) is 337 Å². The molecule has 12 aliphatic rings. The molecule has 8 fully saturated rings. The molecule has 7 aliphatic carbocycles. The van der Waals surface area contributed by atoms with Crippen LogP contribution in [0.5, 0.6) is 5.75 Å². The molecule has 0 bridgehead atoms. The third-order valence-corrected chi connectivity index (χ3v) is 34.3. The van der Waals surface area contributed by atoms with Crippen LogP contribution in [0.1, 0.15) is 345 Å². The van der Waals surface area contributed by atoms with Crippen LogP contribution >= 0.6 is 0 Å². The third kappa shape index (κ3) is 35.1. The zero-order valence-corrected chi connectivity index (χ0v) is 98.8. The van der Waals surface area contributed by atoms with Crippen LogP contribution in [0.3, 0.4) is 0 Å². The summed E-state index contributed by atoms with van der Waals surface area (Å²) < 4.78 is 19.3. The van der Waals surface area contributed by atoms with E-state index in [-0.39, 0.29) is 112 Å². The second kappa shape index (κ2) is 66.8. The summed E-state index contributed by atoms with van der Waals surface area (Å²) in [6.07, 6.45) is 81.7. The number of unbranched alkanes of at least 4 members (excludes halogenated alkanes) is 3. The van der Waals surface area contributed by atoms with E-state index < -0.39 is 0 Å². The number of para-hydroxylation sites is 1. The van der Waals surface area contributed by atoms with Crippen LogP contribution in [0.2, 0.25) is 0 Å². The molecule has 0 aromatic heterocycles. The number of nitrogens with zero attached hydrogens (tertiary/aromatic N) is 6. The molecule has 11 heteroatoms. The molecule has 8 nitrogen and oxygen atoms in total. The molecule has 814 valence electrons. The Hall–Kier alpha value is -8.33. The maximum absolute atomic E-state index is 5.76. The van der Waals surface area contributed by atoms with Gasteiger partial charge in [0.1, 0.15) is 25.4 Å². The van der Waals surface area contributed by atoms with Gasteiger partial charge in [-0.15, -0.1) is 0 Å². The average molecular weight is 2150 g/mol. The number of aryl methyl sites for hydroxylation is 2. The number of fused-ring (bicyclic) bond motifs is 3. The molecule has 0 amide bonds. The molecule has 0 spiro atoms. The van der Waals surface area contributed by atoms with Crippen molar-refractivity contribution in [2.75, 3.05) is 94.9 Å². The van der Waals surface area contributed by atoms with Gasteiger partial charge in [-0.3, -0.25) is 0 Å². The topological polar surface area (TPSA) is 37.2 Å². The van der Waals surface area contributed by atoms with Crippen molar-refractivity contribution < 1.29 is 74.4 Å². The van der Waals surface area contributed by atoms with Crippen molar-refractivity contribution in [2.24, 2.45) is 23.7 Å². The van der Waals surface area contributed by atoms with E-state index in [9.17, 15) is 0 Å². The first-order valence-electron chi connectivity index (χ1n) is 57.0. The van der Waals surface area contributed by atoms with E-state index in [4.69, 9.17) is 9.47 Å². The second-order valence-electron chi connectivity index (χ2n) is 44.6. The molecule has 2 saturated heterocycles. The van der Waals surface area contributed by atoms with E-state index in [0.29, 0.717) is 5.92 Å². The van der Waals surface area contributed by atoms with Gasteiger partial charge in [-0.2, -0.15) is 13.7 Å². The number of benzene rings is 9. The summed E-state index contributed by atoms with van der Waals surface area (Å²) in [5.41, 5.74) is 27.2. The Bertz CT molecular complexity index is 5470. The minimum absolute atomic E-state index is 0. The molecule has 3 atom stereocenters. The van der Waals surface area contributed by atoms with Gasteiger partial charge in [-0.25, -0.2) is 0 Å². The average Bonchev–Trinajstić information content (AvgIpc) is 1.53. The van der Waals surface area contributed by atoms with Gasteiger partial charge in [0, 0.05) is 130 Å². The molecule has 3 unspecified atom stereocenters. The standard InChI is InChI=1S/C45H53N2.C37H49N2O2.C36H45N2.3C5H10.6CH3.3Fe/c1-36-22-28-43-42(33-36)45(34-39-18-5-2-6-19-39,35-40-20-7-3-8-21-40)44(47(43)32-14-11-17-37-15-9-10-16-37)29-25-38-23-26-41(27-24-38)46-30-12-4-13-31-46;1-37(31-13-4-3-5-14-31)34-28-33(40-2)20-21-35(34)39(23-9-8-12-29-10-6-7-11-29)36(37)22-17-30-15-18-32(19-16-30)38-24-26-41-27-25-38;1-28-13-5-8-17-31(28)27-36(2)33-18-9-10-19-34(33)38(26-12-11-16-29-14-6-7-15-29)35(36)25-22-30-20-23-32(24-21-30)37(3)4;3*1-2-4-5-3-1;;;;;;;;;/h2-3,5-8,18-29,33,37H,4,9-17,30-32,34-35H2,1H3;4,13,15-22,28-29,31H,3,5-12,14,23-27H2,1-2H3;5,8-10,13,17-25,29H,6-7,11-12,14-16,26-27H2,1-4H3;3*1-5H2;6*1H3;;;/q3*+1;;;;6*-1;3*+2. The zero-order valence-electron chi connectivity index (χ0n) is 95.5. The number of rotatable bonds is 32. The molecule has 0 N–H and O–H groups in total. The predicted octanol–water partition coefficient (Wildman–Crippen LogP) is 36.5. The van der Waals surface area contributed by atoms with Gasteiger partial charge in [-0.1, -0.05) is 356 Å². The SMILES string of the molecule is C1CCCC1.C1CCCC1.C1CCCC1.COc1ccc2c(c1)C(C)(C1C=CCCC1)C(/C=C/c1ccc(N3CCOCC3)cc1)=[N+]2CCCCC1CCCC1.Cc1ccc2c(c1)C(Cc1ccccc1)(Cc1ccccc1)C(/C=C/c1ccc(N3CCCCC3)cc1)=[N+]2CCCCC1CCCC1.Cc1ccccc1CC1(C)C(/C=C/c2ccc(N(C)C)cc2)=[N+](CCCCC2CCCC2)c2ccccc21.[CH3-].[CH3-].[CH3-].[CH3-].[CH3-].[CH3-].[Fe+2].[Fe+2].[Fe+2]. The minimum atomic E-state index is -0.167. The van der Waals surface area contributed by atoms with Crippen LogP contribution in [0, 0.1) is 82.1 Å². The summed E-state index contributed by atoms with van der Waals surface area (Å²) in [6.45, 7) is 18.6. The van der Waals surface area contributed by atoms with E-state index in [1.54, 1.807) is 7.11 Å². The van der Waals surface area contributed by atoms with Gasteiger partial charge < -0.3 is 68.7 Å². The second-order valence-corrected chi connectivity index (χ2v) is 44.6. The maximum atomic E-state index is 5.76. The zero-order chi connectivity index (χ0) is 97.1.